The number of aromatic nitrogens is 1. The van der Waals surface area contributed by atoms with Crippen LogP contribution in [0.25, 0.3) is 16.6 Å². The number of hydrogen-bond donors (Lipinski definition) is 2. The van der Waals surface area contributed by atoms with Crippen LogP contribution < -0.4 is 14.8 Å². The topological polar surface area (TPSA) is 108 Å². The van der Waals surface area contributed by atoms with Gasteiger partial charge in [-0.3, -0.25) is 4.79 Å². The van der Waals surface area contributed by atoms with Gasteiger partial charge in [0, 0.05) is 24.4 Å². The first-order valence-electron chi connectivity index (χ1n) is 12.5. The number of carbonyl (C=O) groups excluding carboxylic acids is 1. The summed E-state index contributed by atoms with van der Waals surface area (Å²) in [6.07, 6.45) is 1.42. The number of fused-ring (bicyclic) bond motifs is 1. The van der Waals surface area contributed by atoms with Gasteiger partial charge in [0.2, 0.25) is 12.2 Å². The van der Waals surface area contributed by atoms with Crippen molar-refractivity contribution in [1.29, 1.82) is 0 Å². The number of nitrogens with zero attached hydrogens (tertiary/aromatic N) is 1. The molecule has 5 rings (SSSR count). The molecule has 0 bridgehead atoms. The molecule has 0 fully saturated rings. The largest absolute Gasteiger partial charge is 0.491 e. The van der Waals surface area contributed by atoms with Gasteiger partial charge in [0.15, 0.2) is 12.0 Å². The number of aromatic carboxylic acids is 1. The van der Waals surface area contributed by atoms with Crippen LogP contribution in [0.15, 0.2) is 85.0 Å². The zero-order chi connectivity index (χ0) is 27.5. The van der Waals surface area contributed by atoms with Crippen molar-refractivity contribution in [2.24, 2.45) is 0 Å². The molecule has 1 aromatic heterocycles. The summed E-state index contributed by atoms with van der Waals surface area (Å²) in [5.41, 5.74) is 2.30. The van der Waals surface area contributed by atoms with E-state index in [1.165, 1.54) is 13.2 Å². The Morgan fingerprint density at radius 2 is 1.74 bits per heavy atom. The van der Waals surface area contributed by atoms with Crippen LogP contribution in [0, 0.1) is 0 Å². The van der Waals surface area contributed by atoms with Gasteiger partial charge in [-0.15, -0.1) is 0 Å². The van der Waals surface area contributed by atoms with Crippen LogP contribution in [0.2, 0.25) is 0 Å². The van der Waals surface area contributed by atoms with E-state index in [9.17, 15) is 14.7 Å². The molecule has 200 valence electrons. The number of rotatable bonds is 9. The maximum Gasteiger partial charge on any atom is 0.355 e. The van der Waals surface area contributed by atoms with Gasteiger partial charge < -0.3 is 33.9 Å². The number of nitrogens with one attached hydrogen (secondary N) is 1. The van der Waals surface area contributed by atoms with Crippen LogP contribution >= 0.6 is 0 Å². The number of carboxylic acid groups (broad SMARTS) is 1. The third kappa shape index (κ3) is 5.67. The molecule has 1 amide bonds. The molecule has 2 heterocycles. The summed E-state index contributed by atoms with van der Waals surface area (Å²) < 4.78 is 24.6. The highest BCUT2D eigenvalue weighted by atomic mass is 16.8. The Kier molecular flexibility index (Phi) is 7.14. The van der Waals surface area contributed by atoms with Crippen LogP contribution in [0.5, 0.6) is 11.5 Å². The standard InChI is InChI=1S/C30H28N2O7/c1-18(2)37-22-11-9-21(10-12-22)32-25-14-13-23(16-24(25)28(31-19(3)33)29(32)30(34)35)38-27-17-36-26(39-27)15-20-7-5-4-6-8-20/h4-14,16-18,26H,15H2,1-3H3,(H,31,33)(H,34,35). The van der Waals surface area contributed by atoms with E-state index in [-0.39, 0.29) is 23.4 Å². The van der Waals surface area contributed by atoms with E-state index in [1.54, 1.807) is 47.0 Å². The normalized spacial score (nSPS) is 14.5. The number of hydrogen-bond acceptors (Lipinski definition) is 6. The molecule has 3 aromatic carbocycles. The lowest BCUT2D eigenvalue weighted by Gasteiger charge is -2.13. The zero-order valence-electron chi connectivity index (χ0n) is 21.7. The number of amides is 1. The molecule has 1 aliphatic heterocycles. The Labute approximate surface area is 225 Å². The molecule has 4 aromatic rings. The Morgan fingerprint density at radius 3 is 2.41 bits per heavy atom. The van der Waals surface area contributed by atoms with E-state index in [0.29, 0.717) is 34.5 Å². The monoisotopic (exact) mass is 528 g/mol. The quantitative estimate of drug-likeness (QED) is 0.280. The van der Waals surface area contributed by atoms with Crippen molar-refractivity contribution in [3.05, 3.63) is 96.3 Å². The smallest absolute Gasteiger partial charge is 0.355 e. The van der Waals surface area contributed by atoms with Crippen molar-refractivity contribution in [2.75, 3.05) is 5.32 Å². The average molecular weight is 529 g/mol. The maximum absolute atomic E-state index is 12.5. The summed E-state index contributed by atoms with van der Waals surface area (Å²) in [5.74, 6) is -0.368. The van der Waals surface area contributed by atoms with E-state index >= 15 is 0 Å². The number of carbonyl (C=O) groups is 2. The fourth-order valence-electron chi connectivity index (χ4n) is 4.43. The lowest BCUT2D eigenvalue weighted by Crippen LogP contribution is -2.13. The van der Waals surface area contributed by atoms with Gasteiger partial charge in [-0.2, -0.15) is 0 Å². The summed E-state index contributed by atoms with van der Waals surface area (Å²) in [6, 6.07) is 22.0. The van der Waals surface area contributed by atoms with E-state index in [1.807, 2.05) is 44.2 Å². The summed E-state index contributed by atoms with van der Waals surface area (Å²) >= 11 is 0. The van der Waals surface area contributed by atoms with Gasteiger partial charge in [-0.1, -0.05) is 30.3 Å². The summed E-state index contributed by atoms with van der Waals surface area (Å²) in [7, 11) is 0. The van der Waals surface area contributed by atoms with Gasteiger partial charge in [-0.25, -0.2) is 4.79 Å². The molecule has 2 N–H and O–H groups in total. The minimum Gasteiger partial charge on any atom is -0.491 e. The molecule has 9 nitrogen and oxygen atoms in total. The summed E-state index contributed by atoms with van der Waals surface area (Å²) in [4.78, 5) is 24.5. The molecule has 0 spiro atoms. The Hall–Kier alpha value is -4.92. The van der Waals surface area contributed by atoms with Crippen LogP contribution in [0.4, 0.5) is 5.69 Å². The molecule has 0 aliphatic carbocycles. The first-order valence-corrected chi connectivity index (χ1v) is 12.5. The third-order valence-electron chi connectivity index (χ3n) is 5.94. The fourth-order valence-corrected chi connectivity index (χ4v) is 4.43. The Bertz CT molecular complexity index is 1540. The second-order valence-corrected chi connectivity index (χ2v) is 9.30. The predicted molar refractivity (Wildman–Crippen MR) is 145 cm³/mol. The van der Waals surface area contributed by atoms with Crippen LogP contribution in [0.1, 0.15) is 36.8 Å². The van der Waals surface area contributed by atoms with Crippen molar-refractivity contribution >= 4 is 28.5 Å². The minimum absolute atomic E-state index is 0.000564. The summed E-state index contributed by atoms with van der Waals surface area (Å²) in [6.45, 7) is 5.18. The molecular weight excluding hydrogens is 500 g/mol. The van der Waals surface area contributed by atoms with Gasteiger partial charge in [-0.05, 0) is 61.9 Å². The highest BCUT2D eigenvalue weighted by molar-refractivity contribution is 6.11. The number of anilines is 1. The van der Waals surface area contributed by atoms with Gasteiger partial charge in [0.25, 0.3) is 0 Å². The number of ether oxygens (including phenoxy) is 4. The highest BCUT2D eigenvalue weighted by Gasteiger charge is 2.26. The van der Waals surface area contributed by atoms with Crippen molar-refractivity contribution in [2.45, 2.75) is 39.6 Å². The zero-order valence-corrected chi connectivity index (χ0v) is 21.7. The minimum atomic E-state index is -1.20. The maximum atomic E-state index is 12.5. The second-order valence-electron chi connectivity index (χ2n) is 9.30. The van der Waals surface area contributed by atoms with Crippen LogP contribution in [0.3, 0.4) is 0 Å². The molecule has 1 atom stereocenters. The van der Waals surface area contributed by atoms with E-state index in [4.69, 9.17) is 18.9 Å². The highest BCUT2D eigenvalue weighted by Crippen LogP contribution is 2.37. The average Bonchev–Trinajstić information content (AvgIpc) is 3.46. The fraction of sp³-hybridized carbons (Fsp3) is 0.200. The first kappa shape index (κ1) is 25.7. The predicted octanol–water partition coefficient (Wildman–Crippen LogP) is 5.87. The Balaban J connectivity index is 1.47. The number of benzene rings is 3. The van der Waals surface area contributed by atoms with E-state index in [0.717, 1.165) is 5.56 Å². The van der Waals surface area contributed by atoms with Gasteiger partial charge in [0.05, 0.1) is 17.3 Å². The summed E-state index contributed by atoms with van der Waals surface area (Å²) in [5, 5.41) is 13.3. The lowest BCUT2D eigenvalue weighted by molar-refractivity contribution is -0.114. The molecule has 9 heteroatoms. The van der Waals surface area contributed by atoms with E-state index < -0.39 is 18.2 Å². The SMILES string of the molecule is CC(=O)Nc1c(C(=O)O)n(-c2ccc(OC(C)C)cc2)c2ccc(OC3=COC(Cc4ccccc4)O3)cc12. The third-order valence-corrected chi connectivity index (χ3v) is 5.94. The molecule has 1 aliphatic rings. The molecule has 0 saturated heterocycles. The molecular formula is C30H28N2O7. The van der Waals surface area contributed by atoms with Crippen molar-refractivity contribution in [1.82, 2.24) is 4.57 Å². The van der Waals surface area contributed by atoms with Crippen molar-refractivity contribution < 1.29 is 33.6 Å². The molecule has 0 saturated carbocycles. The Morgan fingerprint density at radius 1 is 1.03 bits per heavy atom. The van der Waals surface area contributed by atoms with E-state index in [2.05, 4.69) is 5.32 Å². The second kappa shape index (κ2) is 10.8. The van der Waals surface area contributed by atoms with Crippen LogP contribution in [-0.4, -0.2) is 33.9 Å². The van der Waals surface area contributed by atoms with Crippen molar-refractivity contribution in [3.8, 4) is 17.2 Å². The number of carboxylic acids is 1. The molecule has 39 heavy (non-hydrogen) atoms. The van der Waals surface area contributed by atoms with Crippen molar-refractivity contribution in [3.63, 3.8) is 0 Å². The first-order chi connectivity index (χ1) is 18.8. The van der Waals surface area contributed by atoms with Crippen LogP contribution in [-0.2, 0) is 20.7 Å². The van der Waals surface area contributed by atoms with Gasteiger partial charge in [0.1, 0.15) is 11.5 Å². The molecule has 1 unspecified atom stereocenters. The van der Waals surface area contributed by atoms with Gasteiger partial charge >= 0.3 is 11.9 Å². The molecule has 0 radical (unpaired) electrons. The lowest BCUT2D eigenvalue weighted by atomic mass is 10.1.